The number of nitrogens with two attached hydrogens (primary N) is 1. The second kappa shape index (κ2) is 6.21. The lowest BCUT2D eigenvalue weighted by atomic mass is 9.80. The van der Waals surface area contributed by atoms with Crippen LogP contribution in [0.2, 0.25) is 0 Å². The van der Waals surface area contributed by atoms with E-state index in [4.69, 9.17) is 10.5 Å². The second-order valence-corrected chi connectivity index (χ2v) is 5.08. The van der Waals surface area contributed by atoms with Gasteiger partial charge in [-0.1, -0.05) is 13.8 Å². The summed E-state index contributed by atoms with van der Waals surface area (Å²) < 4.78 is 5.02. The molecule has 3 unspecified atom stereocenters. The summed E-state index contributed by atoms with van der Waals surface area (Å²) in [6, 6.07) is 0.287. The number of methoxy groups -OCH3 is 1. The number of hydrogen-bond donors (Lipinski definition) is 2. The van der Waals surface area contributed by atoms with Crippen LogP contribution in [0.25, 0.3) is 0 Å². The molecule has 3 atom stereocenters. The van der Waals surface area contributed by atoms with E-state index >= 15 is 0 Å². The molecule has 0 bridgehead atoms. The number of carbonyl (C=O) groups excluding carboxylic acids is 1. The highest BCUT2D eigenvalue weighted by atomic mass is 16.5. The molecule has 1 saturated carbocycles. The highest BCUT2D eigenvalue weighted by Gasteiger charge is 2.27. The van der Waals surface area contributed by atoms with Crippen LogP contribution >= 0.6 is 0 Å². The molecule has 94 valence electrons. The van der Waals surface area contributed by atoms with Crippen molar-refractivity contribution in [2.45, 2.75) is 45.3 Å². The summed E-state index contributed by atoms with van der Waals surface area (Å²) in [7, 11) is 1.52. The number of hydrogen-bond acceptors (Lipinski definition) is 3. The van der Waals surface area contributed by atoms with Crippen molar-refractivity contribution >= 4 is 5.91 Å². The topological polar surface area (TPSA) is 64.3 Å². The Kier molecular flexibility index (Phi) is 5.22. The van der Waals surface area contributed by atoms with Gasteiger partial charge in [0.05, 0.1) is 0 Å². The summed E-state index contributed by atoms with van der Waals surface area (Å²) in [4.78, 5) is 11.8. The Hall–Kier alpha value is -0.610. The largest absolute Gasteiger partial charge is 0.370 e. The molecule has 0 aliphatic heterocycles. The van der Waals surface area contributed by atoms with E-state index in [9.17, 15) is 4.79 Å². The van der Waals surface area contributed by atoms with Crippen molar-refractivity contribution in [2.24, 2.45) is 17.6 Å². The monoisotopic (exact) mass is 228 g/mol. The van der Waals surface area contributed by atoms with Crippen molar-refractivity contribution < 1.29 is 9.53 Å². The smallest absolute Gasteiger partial charge is 0.250 e. The van der Waals surface area contributed by atoms with Gasteiger partial charge >= 0.3 is 0 Å². The third-order valence-corrected chi connectivity index (χ3v) is 3.32. The van der Waals surface area contributed by atoms with Gasteiger partial charge in [-0.3, -0.25) is 4.79 Å². The Morgan fingerprint density at radius 2 is 1.94 bits per heavy atom. The number of carbonyl (C=O) groups is 1. The van der Waals surface area contributed by atoms with E-state index < -0.39 is 6.10 Å². The molecule has 16 heavy (non-hydrogen) atoms. The fraction of sp³-hybridized carbons (Fsp3) is 0.917. The molecule has 3 N–H and O–H groups in total. The van der Waals surface area contributed by atoms with E-state index in [0.29, 0.717) is 11.8 Å². The summed E-state index contributed by atoms with van der Waals surface area (Å²) >= 11 is 0. The van der Waals surface area contributed by atoms with Crippen molar-refractivity contribution in [1.29, 1.82) is 0 Å². The van der Waals surface area contributed by atoms with Gasteiger partial charge in [0.15, 0.2) is 0 Å². The second-order valence-electron chi connectivity index (χ2n) is 5.08. The first-order valence-corrected chi connectivity index (χ1v) is 6.10. The first-order chi connectivity index (χ1) is 7.56. The molecule has 4 nitrogen and oxygen atoms in total. The van der Waals surface area contributed by atoms with E-state index in [2.05, 4.69) is 19.2 Å². The molecule has 1 rings (SSSR count). The maximum Gasteiger partial charge on any atom is 0.250 e. The quantitative estimate of drug-likeness (QED) is 0.751. The van der Waals surface area contributed by atoms with E-state index in [1.807, 2.05) is 0 Å². The molecule has 0 spiro atoms. The zero-order chi connectivity index (χ0) is 12.1. The fourth-order valence-electron chi connectivity index (χ4n) is 2.67. The lowest BCUT2D eigenvalue weighted by Crippen LogP contribution is -2.47. The zero-order valence-electron chi connectivity index (χ0n) is 10.5. The Bertz CT molecular complexity index is 219. The Morgan fingerprint density at radius 1 is 1.38 bits per heavy atom. The van der Waals surface area contributed by atoms with Gasteiger partial charge in [-0.25, -0.2) is 0 Å². The van der Waals surface area contributed by atoms with Gasteiger partial charge in [-0.15, -0.1) is 0 Å². The van der Waals surface area contributed by atoms with Gasteiger partial charge in [0.25, 0.3) is 5.91 Å². The molecule has 1 fully saturated rings. The molecular weight excluding hydrogens is 204 g/mol. The fourth-order valence-corrected chi connectivity index (χ4v) is 2.67. The minimum absolute atomic E-state index is 0.0729. The Labute approximate surface area is 97.9 Å². The SMILES string of the molecule is COC(CN)C(=O)NC1CC(C)CC(C)C1. The van der Waals surface area contributed by atoms with Crippen molar-refractivity contribution in [3.8, 4) is 0 Å². The Morgan fingerprint density at radius 3 is 2.38 bits per heavy atom. The predicted molar refractivity (Wildman–Crippen MR) is 64.0 cm³/mol. The molecular formula is C12H24N2O2. The third kappa shape index (κ3) is 3.76. The first kappa shape index (κ1) is 13.5. The minimum Gasteiger partial charge on any atom is -0.370 e. The first-order valence-electron chi connectivity index (χ1n) is 6.10. The van der Waals surface area contributed by atoms with Gasteiger partial charge in [-0.2, -0.15) is 0 Å². The summed E-state index contributed by atoms with van der Waals surface area (Å²) in [5.74, 6) is 1.30. The molecule has 0 saturated heterocycles. The van der Waals surface area contributed by atoms with Gasteiger partial charge in [-0.05, 0) is 31.1 Å². The third-order valence-electron chi connectivity index (χ3n) is 3.32. The molecule has 4 heteroatoms. The molecule has 0 aromatic rings. The molecule has 1 aliphatic carbocycles. The van der Waals surface area contributed by atoms with Crippen LogP contribution in [0.3, 0.4) is 0 Å². The summed E-state index contributed by atoms with van der Waals surface area (Å²) in [6.07, 6.45) is 2.89. The lowest BCUT2D eigenvalue weighted by molar-refractivity contribution is -0.131. The molecule has 1 aliphatic rings. The molecule has 0 heterocycles. The van der Waals surface area contributed by atoms with Gasteiger partial charge < -0.3 is 15.8 Å². The number of ether oxygens (including phenoxy) is 1. The molecule has 0 aromatic heterocycles. The van der Waals surface area contributed by atoms with Crippen molar-refractivity contribution in [3.63, 3.8) is 0 Å². The molecule has 0 radical (unpaired) electrons. The van der Waals surface area contributed by atoms with E-state index in [1.165, 1.54) is 13.5 Å². The molecule has 1 amide bonds. The van der Waals surface area contributed by atoms with Crippen molar-refractivity contribution in [2.75, 3.05) is 13.7 Å². The van der Waals surface area contributed by atoms with Crippen molar-refractivity contribution in [3.05, 3.63) is 0 Å². The maximum atomic E-state index is 11.8. The van der Waals surface area contributed by atoms with Crippen LogP contribution in [0.15, 0.2) is 0 Å². The van der Waals surface area contributed by atoms with Crippen LogP contribution in [-0.2, 0) is 9.53 Å². The number of rotatable bonds is 4. The number of amides is 1. The van der Waals surface area contributed by atoms with Crippen molar-refractivity contribution in [1.82, 2.24) is 5.32 Å². The van der Waals surface area contributed by atoms with E-state index in [1.54, 1.807) is 0 Å². The maximum absolute atomic E-state index is 11.8. The normalized spacial score (nSPS) is 32.1. The summed E-state index contributed by atoms with van der Waals surface area (Å²) in [5, 5.41) is 3.04. The van der Waals surface area contributed by atoms with E-state index in [-0.39, 0.29) is 18.5 Å². The van der Waals surface area contributed by atoms with Gasteiger partial charge in [0.1, 0.15) is 6.10 Å². The van der Waals surface area contributed by atoms with Gasteiger partial charge in [0, 0.05) is 19.7 Å². The Balaban J connectivity index is 2.43. The average Bonchev–Trinajstić information content (AvgIpc) is 2.17. The standard InChI is InChI=1S/C12H24N2O2/c1-8-4-9(2)6-10(5-8)14-12(15)11(7-13)16-3/h8-11H,4-7,13H2,1-3H3,(H,14,15). The lowest BCUT2D eigenvalue weighted by Gasteiger charge is -2.32. The predicted octanol–water partition coefficient (Wildman–Crippen LogP) is 0.901. The van der Waals surface area contributed by atoms with Gasteiger partial charge in [0.2, 0.25) is 0 Å². The average molecular weight is 228 g/mol. The minimum atomic E-state index is -0.507. The van der Waals surface area contributed by atoms with Crippen LogP contribution in [0.5, 0.6) is 0 Å². The van der Waals surface area contributed by atoms with E-state index in [0.717, 1.165) is 12.8 Å². The zero-order valence-corrected chi connectivity index (χ0v) is 10.5. The summed E-state index contributed by atoms with van der Waals surface area (Å²) in [6.45, 7) is 4.72. The highest BCUT2D eigenvalue weighted by Crippen LogP contribution is 2.28. The van der Waals surface area contributed by atoms with Crippen LogP contribution in [-0.4, -0.2) is 31.7 Å². The van der Waals surface area contributed by atoms with Crippen LogP contribution in [0, 0.1) is 11.8 Å². The number of nitrogens with one attached hydrogen (secondary N) is 1. The summed E-state index contributed by atoms with van der Waals surface area (Å²) in [5.41, 5.74) is 5.46. The highest BCUT2D eigenvalue weighted by molar-refractivity contribution is 5.81. The van der Waals surface area contributed by atoms with Crippen LogP contribution < -0.4 is 11.1 Å². The van der Waals surface area contributed by atoms with Crippen LogP contribution in [0.1, 0.15) is 33.1 Å². The molecule has 0 aromatic carbocycles. The van der Waals surface area contributed by atoms with Crippen LogP contribution in [0.4, 0.5) is 0 Å².